The van der Waals surface area contributed by atoms with Gasteiger partial charge in [0.25, 0.3) is 0 Å². The molecule has 1 aromatic heterocycles. The van der Waals surface area contributed by atoms with Gasteiger partial charge in [-0.25, -0.2) is 4.98 Å². The number of halogens is 5. The highest BCUT2D eigenvalue weighted by molar-refractivity contribution is 5.71. The van der Waals surface area contributed by atoms with E-state index < -0.39 is 23.5 Å². The Morgan fingerprint density at radius 1 is 1.13 bits per heavy atom. The number of carbonyl (C=O) groups excluding carboxylic acids is 1. The standard InChI is InChI=1S/C8H4F5NO/c9-7(10,8(11,12)13)6-3-1-2-5(4-15)14-6/h1-4H. The first kappa shape index (κ1) is 11.5. The van der Waals surface area contributed by atoms with Crippen LogP contribution in [0.1, 0.15) is 16.2 Å². The molecule has 0 aromatic carbocycles. The first-order valence-electron chi connectivity index (χ1n) is 3.66. The third-order valence-corrected chi connectivity index (χ3v) is 1.57. The van der Waals surface area contributed by atoms with Crippen LogP contribution >= 0.6 is 0 Å². The van der Waals surface area contributed by atoms with E-state index >= 15 is 0 Å². The fourth-order valence-corrected chi connectivity index (χ4v) is 0.837. The number of carbonyl (C=O) groups is 1. The normalized spacial score (nSPS) is 12.6. The van der Waals surface area contributed by atoms with Crippen LogP contribution in [0.15, 0.2) is 18.2 Å². The largest absolute Gasteiger partial charge is 0.459 e. The summed E-state index contributed by atoms with van der Waals surface area (Å²) in [6.07, 6.45) is -5.63. The minimum atomic E-state index is -5.72. The van der Waals surface area contributed by atoms with E-state index in [0.717, 1.165) is 12.1 Å². The molecule has 2 nitrogen and oxygen atoms in total. The maximum absolute atomic E-state index is 12.7. The zero-order valence-electron chi connectivity index (χ0n) is 7.05. The summed E-state index contributed by atoms with van der Waals surface area (Å²) < 4.78 is 61.0. The Morgan fingerprint density at radius 2 is 1.73 bits per heavy atom. The van der Waals surface area contributed by atoms with Gasteiger partial charge in [-0.05, 0) is 12.1 Å². The number of rotatable bonds is 2. The van der Waals surface area contributed by atoms with Gasteiger partial charge >= 0.3 is 12.1 Å². The number of aldehydes is 1. The summed E-state index contributed by atoms with van der Waals surface area (Å²) in [4.78, 5) is 13.0. The average Bonchev–Trinajstić information content (AvgIpc) is 2.16. The molecule has 0 atom stereocenters. The van der Waals surface area contributed by atoms with Crippen LogP contribution in [-0.4, -0.2) is 17.4 Å². The van der Waals surface area contributed by atoms with Crippen LogP contribution in [0.4, 0.5) is 22.0 Å². The second kappa shape index (κ2) is 3.56. The third kappa shape index (κ3) is 2.11. The minimum absolute atomic E-state index is 0.0932. The lowest BCUT2D eigenvalue weighted by Gasteiger charge is -2.18. The second-order valence-electron chi connectivity index (χ2n) is 2.64. The van der Waals surface area contributed by atoms with Crippen LogP contribution in [0.25, 0.3) is 0 Å². The van der Waals surface area contributed by atoms with Crippen LogP contribution in [-0.2, 0) is 5.92 Å². The Kier molecular flexibility index (Phi) is 2.74. The Labute approximate surface area is 80.7 Å². The van der Waals surface area contributed by atoms with E-state index in [0.29, 0.717) is 6.07 Å². The topological polar surface area (TPSA) is 30.0 Å². The van der Waals surface area contributed by atoms with E-state index in [9.17, 15) is 26.7 Å². The quantitative estimate of drug-likeness (QED) is 0.571. The monoisotopic (exact) mass is 225 g/mol. The highest BCUT2D eigenvalue weighted by Crippen LogP contribution is 2.42. The molecule has 1 heterocycles. The van der Waals surface area contributed by atoms with Gasteiger partial charge in [0, 0.05) is 0 Å². The lowest BCUT2D eigenvalue weighted by atomic mass is 10.2. The molecule has 0 aliphatic heterocycles. The van der Waals surface area contributed by atoms with Gasteiger partial charge in [0.15, 0.2) is 6.29 Å². The van der Waals surface area contributed by atoms with Gasteiger partial charge in [0.1, 0.15) is 11.4 Å². The zero-order valence-corrected chi connectivity index (χ0v) is 7.05. The van der Waals surface area contributed by atoms with Crippen molar-refractivity contribution in [2.45, 2.75) is 12.1 Å². The number of pyridine rings is 1. The molecule has 1 rings (SSSR count). The van der Waals surface area contributed by atoms with Crippen molar-refractivity contribution < 1.29 is 26.7 Å². The molecular formula is C8H4F5NO. The number of hydrogen-bond acceptors (Lipinski definition) is 2. The molecule has 0 fully saturated rings. The molecular weight excluding hydrogens is 221 g/mol. The molecule has 0 spiro atoms. The van der Waals surface area contributed by atoms with Crippen molar-refractivity contribution >= 4 is 6.29 Å². The molecule has 0 amide bonds. The van der Waals surface area contributed by atoms with E-state index in [-0.39, 0.29) is 6.29 Å². The molecule has 0 radical (unpaired) electrons. The van der Waals surface area contributed by atoms with E-state index in [1.54, 1.807) is 0 Å². The predicted octanol–water partition coefficient (Wildman–Crippen LogP) is 2.55. The van der Waals surface area contributed by atoms with Gasteiger partial charge in [-0.3, -0.25) is 4.79 Å². The molecule has 0 N–H and O–H groups in total. The van der Waals surface area contributed by atoms with Crippen molar-refractivity contribution in [2.75, 3.05) is 0 Å². The molecule has 15 heavy (non-hydrogen) atoms. The Morgan fingerprint density at radius 3 is 2.20 bits per heavy atom. The van der Waals surface area contributed by atoms with Gasteiger partial charge in [-0.2, -0.15) is 22.0 Å². The maximum Gasteiger partial charge on any atom is 0.459 e. The van der Waals surface area contributed by atoms with Gasteiger partial charge in [-0.1, -0.05) is 6.07 Å². The summed E-state index contributed by atoms with van der Waals surface area (Å²) in [5.74, 6) is -5.05. The summed E-state index contributed by atoms with van der Waals surface area (Å²) in [5, 5.41) is 0. The number of alkyl halides is 5. The molecule has 7 heteroatoms. The molecule has 0 aliphatic rings. The smallest absolute Gasteiger partial charge is 0.296 e. The van der Waals surface area contributed by atoms with Gasteiger partial charge in [-0.15, -0.1) is 0 Å². The second-order valence-corrected chi connectivity index (χ2v) is 2.64. The summed E-state index contributed by atoms with van der Waals surface area (Å²) in [5.41, 5.74) is -1.96. The van der Waals surface area contributed by atoms with E-state index in [1.807, 2.05) is 0 Å². The first-order chi connectivity index (χ1) is 6.79. The molecule has 0 saturated carbocycles. The van der Waals surface area contributed by atoms with Gasteiger partial charge < -0.3 is 0 Å². The fraction of sp³-hybridized carbons (Fsp3) is 0.250. The van der Waals surface area contributed by atoms with Crippen LogP contribution in [0.3, 0.4) is 0 Å². The van der Waals surface area contributed by atoms with Crippen molar-refractivity contribution in [1.29, 1.82) is 0 Å². The number of aromatic nitrogens is 1. The zero-order chi connectivity index (χ0) is 11.7. The number of hydrogen-bond donors (Lipinski definition) is 0. The molecule has 0 saturated heterocycles. The van der Waals surface area contributed by atoms with Crippen LogP contribution in [0.5, 0.6) is 0 Å². The van der Waals surface area contributed by atoms with E-state index in [4.69, 9.17) is 0 Å². The summed E-state index contributed by atoms with van der Waals surface area (Å²) in [7, 11) is 0. The fourth-order valence-electron chi connectivity index (χ4n) is 0.837. The lowest BCUT2D eigenvalue weighted by molar-refractivity contribution is -0.290. The molecule has 82 valence electrons. The van der Waals surface area contributed by atoms with Gasteiger partial charge in [0.05, 0.1) is 0 Å². The minimum Gasteiger partial charge on any atom is -0.296 e. The number of nitrogens with zero attached hydrogens (tertiary/aromatic N) is 1. The molecule has 0 aliphatic carbocycles. The predicted molar refractivity (Wildman–Crippen MR) is 39.6 cm³/mol. The Hall–Kier alpha value is -1.53. The summed E-state index contributed by atoms with van der Waals surface area (Å²) >= 11 is 0. The maximum atomic E-state index is 12.7. The molecule has 0 bridgehead atoms. The summed E-state index contributed by atoms with van der Waals surface area (Å²) in [6, 6.07) is 2.45. The van der Waals surface area contributed by atoms with E-state index in [1.165, 1.54) is 0 Å². The molecule has 0 unspecified atom stereocenters. The van der Waals surface area contributed by atoms with Crippen molar-refractivity contribution in [3.05, 3.63) is 29.6 Å². The third-order valence-electron chi connectivity index (χ3n) is 1.57. The van der Waals surface area contributed by atoms with E-state index in [2.05, 4.69) is 4.98 Å². The van der Waals surface area contributed by atoms with Crippen molar-refractivity contribution in [1.82, 2.24) is 4.98 Å². The van der Waals surface area contributed by atoms with Crippen molar-refractivity contribution in [3.8, 4) is 0 Å². The highest BCUT2D eigenvalue weighted by Gasteiger charge is 2.59. The first-order valence-corrected chi connectivity index (χ1v) is 3.66. The van der Waals surface area contributed by atoms with Crippen LogP contribution in [0.2, 0.25) is 0 Å². The SMILES string of the molecule is O=Cc1cccc(C(F)(F)C(F)(F)F)n1. The molecule has 1 aromatic rings. The average molecular weight is 225 g/mol. The highest BCUT2D eigenvalue weighted by atomic mass is 19.4. The van der Waals surface area contributed by atoms with Crippen LogP contribution in [0, 0.1) is 0 Å². The summed E-state index contributed by atoms with van der Waals surface area (Å²) in [6.45, 7) is 0. The van der Waals surface area contributed by atoms with Crippen LogP contribution < -0.4 is 0 Å². The van der Waals surface area contributed by atoms with Gasteiger partial charge in [0.2, 0.25) is 0 Å². The Bertz CT molecular complexity index is 374. The lowest BCUT2D eigenvalue weighted by Crippen LogP contribution is -2.34. The van der Waals surface area contributed by atoms with Crippen molar-refractivity contribution in [3.63, 3.8) is 0 Å². The van der Waals surface area contributed by atoms with Crippen molar-refractivity contribution in [2.24, 2.45) is 0 Å². The Balaban J connectivity index is 3.21.